The maximum Gasteiger partial charge on any atom is 0.331 e. The lowest BCUT2D eigenvalue weighted by Gasteiger charge is -2.31. The Hall–Kier alpha value is -3.38. The summed E-state index contributed by atoms with van der Waals surface area (Å²) in [6.45, 7) is 6.01. The molecule has 29 heavy (non-hydrogen) atoms. The Morgan fingerprint density at radius 1 is 1.00 bits per heavy atom. The fraction of sp³-hybridized carbons (Fsp3) is 0.130. The highest BCUT2D eigenvalue weighted by molar-refractivity contribution is 7.19. The first-order chi connectivity index (χ1) is 14.0. The normalized spacial score (nSPS) is 12.9. The summed E-state index contributed by atoms with van der Waals surface area (Å²) in [6.07, 6.45) is 1.76. The maximum absolute atomic E-state index is 13.1. The van der Waals surface area contributed by atoms with Crippen molar-refractivity contribution in [2.45, 2.75) is 20.8 Å². The van der Waals surface area contributed by atoms with Crippen LogP contribution in [0.4, 0.5) is 21.9 Å². The molecule has 1 aliphatic heterocycles. The van der Waals surface area contributed by atoms with E-state index in [0.29, 0.717) is 0 Å². The van der Waals surface area contributed by atoms with E-state index in [1.807, 2.05) is 69.3 Å². The summed E-state index contributed by atoms with van der Waals surface area (Å²) in [5, 5.41) is 4.05. The molecule has 1 N–H and O–H groups in total. The number of nitrogens with zero attached hydrogens (tertiary/aromatic N) is 2. The van der Waals surface area contributed by atoms with Crippen molar-refractivity contribution in [3.8, 4) is 11.5 Å². The number of hydrogen-bond donors (Lipinski definition) is 1. The van der Waals surface area contributed by atoms with Crippen molar-refractivity contribution in [3.05, 3.63) is 70.7 Å². The lowest BCUT2D eigenvalue weighted by Crippen LogP contribution is -2.34. The van der Waals surface area contributed by atoms with Crippen LogP contribution in [0.5, 0.6) is 11.5 Å². The summed E-state index contributed by atoms with van der Waals surface area (Å²) in [5.74, 6) is 1.53. The molecule has 5 nitrogen and oxygen atoms in total. The molecule has 1 aliphatic rings. The summed E-state index contributed by atoms with van der Waals surface area (Å²) in [5.41, 5.74) is 4.53. The molecule has 5 rings (SSSR count). The topological polar surface area (TPSA) is 54.5 Å². The van der Waals surface area contributed by atoms with Gasteiger partial charge in [-0.1, -0.05) is 18.2 Å². The minimum absolute atomic E-state index is 0.158. The first kappa shape index (κ1) is 17.7. The Kier molecular flexibility index (Phi) is 4.03. The van der Waals surface area contributed by atoms with Crippen LogP contribution in [-0.2, 0) is 0 Å². The number of benzene rings is 2. The summed E-state index contributed by atoms with van der Waals surface area (Å²) in [4.78, 5) is 21.3. The molecule has 3 heterocycles. The molecule has 0 saturated carbocycles. The molecular formula is C23H19N3O2S. The predicted molar refractivity (Wildman–Crippen MR) is 118 cm³/mol. The smallest absolute Gasteiger partial charge is 0.331 e. The Bertz CT molecular complexity index is 1240. The molecule has 0 bridgehead atoms. The van der Waals surface area contributed by atoms with Crippen molar-refractivity contribution in [1.29, 1.82) is 0 Å². The van der Waals surface area contributed by atoms with E-state index in [1.165, 1.54) is 0 Å². The molecule has 2 amide bonds. The highest BCUT2D eigenvalue weighted by Gasteiger charge is 2.31. The highest BCUT2D eigenvalue weighted by atomic mass is 32.1. The number of aromatic nitrogens is 1. The Morgan fingerprint density at radius 2 is 1.72 bits per heavy atom. The molecule has 0 aliphatic carbocycles. The van der Waals surface area contributed by atoms with Crippen molar-refractivity contribution >= 4 is 44.6 Å². The van der Waals surface area contributed by atoms with E-state index < -0.39 is 0 Å². The van der Waals surface area contributed by atoms with Crippen LogP contribution in [0.15, 0.2) is 54.7 Å². The zero-order valence-corrected chi connectivity index (χ0v) is 17.1. The van der Waals surface area contributed by atoms with Gasteiger partial charge in [0.15, 0.2) is 0 Å². The summed E-state index contributed by atoms with van der Waals surface area (Å²) in [7, 11) is 0. The number of para-hydroxylation sites is 1. The number of thiophene rings is 1. The first-order valence-corrected chi connectivity index (χ1v) is 10.2. The fourth-order valence-corrected chi connectivity index (χ4v) is 4.87. The van der Waals surface area contributed by atoms with Crippen LogP contribution >= 0.6 is 11.3 Å². The third kappa shape index (κ3) is 2.84. The van der Waals surface area contributed by atoms with Crippen molar-refractivity contribution in [3.63, 3.8) is 0 Å². The average molecular weight is 401 g/mol. The van der Waals surface area contributed by atoms with Crippen LogP contribution in [-0.4, -0.2) is 11.0 Å². The van der Waals surface area contributed by atoms with Crippen molar-refractivity contribution < 1.29 is 9.53 Å². The number of amides is 2. The van der Waals surface area contributed by atoms with E-state index in [2.05, 4.69) is 10.3 Å². The molecule has 2 aromatic heterocycles. The van der Waals surface area contributed by atoms with Crippen LogP contribution in [0.2, 0.25) is 0 Å². The van der Waals surface area contributed by atoms with Gasteiger partial charge in [0.25, 0.3) is 0 Å². The van der Waals surface area contributed by atoms with Gasteiger partial charge in [-0.3, -0.25) is 4.90 Å². The molecule has 0 atom stereocenters. The maximum atomic E-state index is 13.1. The van der Waals surface area contributed by atoms with Crippen molar-refractivity contribution in [2.24, 2.45) is 0 Å². The van der Waals surface area contributed by atoms with E-state index in [-0.39, 0.29) is 6.03 Å². The highest BCUT2D eigenvalue weighted by Crippen LogP contribution is 2.47. The van der Waals surface area contributed by atoms with E-state index in [0.717, 1.165) is 54.8 Å². The molecule has 0 fully saturated rings. The second kappa shape index (κ2) is 6.60. The number of anilines is 3. The van der Waals surface area contributed by atoms with Gasteiger partial charge in [0.1, 0.15) is 16.3 Å². The monoisotopic (exact) mass is 401 g/mol. The Labute approximate surface area is 172 Å². The first-order valence-electron chi connectivity index (χ1n) is 9.36. The van der Waals surface area contributed by atoms with E-state index >= 15 is 0 Å². The van der Waals surface area contributed by atoms with Crippen molar-refractivity contribution in [1.82, 2.24) is 4.98 Å². The van der Waals surface area contributed by atoms with Gasteiger partial charge in [0.05, 0.1) is 22.4 Å². The lowest BCUT2D eigenvalue weighted by atomic mass is 10.0. The molecule has 0 spiro atoms. The van der Waals surface area contributed by atoms with Crippen molar-refractivity contribution in [2.75, 3.05) is 10.2 Å². The number of hydrogen-bond acceptors (Lipinski definition) is 4. The van der Waals surface area contributed by atoms with Gasteiger partial charge in [-0.25, -0.2) is 9.78 Å². The van der Waals surface area contributed by atoms with Gasteiger partial charge >= 0.3 is 6.03 Å². The van der Waals surface area contributed by atoms with Gasteiger partial charge in [0.2, 0.25) is 0 Å². The van der Waals surface area contributed by atoms with Gasteiger partial charge in [-0.05, 0) is 62.2 Å². The Morgan fingerprint density at radius 3 is 2.45 bits per heavy atom. The van der Waals surface area contributed by atoms with Crippen LogP contribution in [0.3, 0.4) is 0 Å². The average Bonchev–Trinajstić information content (AvgIpc) is 3.01. The van der Waals surface area contributed by atoms with E-state index in [1.54, 1.807) is 22.4 Å². The SMILES string of the molecule is Cc1cc(Oc2ccccc2)cc(C)c1N1C(=O)Nc2c(C)sc3nccc1c23. The van der Waals surface area contributed by atoms with E-state index in [4.69, 9.17) is 4.74 Å². The molecule has 6 heteroatoms. The third-order valence-electron chi connectivity index (χ3n) is 5.09. The zero-order chi connectivity index (χ0) is 20.1. The molecule has 0 unspecified atom stereocenters. The second-order valence-electron chi connectivity index (χ2n) is 7.13. The standard InChI is InChI=1S/C23H19N3O2S/c1-13-11-17(28-16-7-5-4-6-8-16)12-14(2)21(13)26-18-9-10-24-22-19(18)20(15(3)29-22)25-23(26)27/h4-12H,1-3H3,(H,25,27). The quantitative estimate of drug-likeness (QED) is 0.416. The third-order valence-corrected chi connectivity index (χ3v) is 6.10. The largest absolute Gasteiger partial charge is 0.457 e. The molecule has 144 valence electrons. The summed E-state index contributed by atoms with van der Waals surface area (Å²) in [6, 6.07) is 15.4. The molecular weight excluding hydrogens is 382 g/mol. The number of urea groups is 1. The molecule has 0 saturated heterocycles. The number of rotatable bonds is 3. The molecule has 2 aromatic carbocycles. The summed E-state index contributed by atoms with van der Waals surface area (Å²) >= 11 is 1.60. The van der Waals surface area contributed by atoms with Gasteiger partial charge in [0, 0.05) is 11.1 Å². The molecule has 0 radical (unpaired) electrons. The lowest BCUT2D eigenvalue weighted by molar-refractivity contribution is 0.258. The van der Waals surface area contributed by atoms with Crippen LogP contribution < -0.4 is 15.0 Å². The zero-order valence-electron chi connectivity index (χ0n) is 16.3. The number of aryl methyl sites for hydroxylation is 3. The predicted octanol–water partition coefficient (Wildman–Crippen LogP) is 6.70. The number of pyridine rings is 1. The number of carbonyl (C=O) groups excluding carboxylic acids is 1. The number of carbonyl (C=O) groups is 1. The minimum atomic E-state index is -0.158. The Balaban J connectivity index is 1.62. The van der Waals surface area contributed by atoms with Gasteiger partial charge in [-0.15, -0.1) is 11.3 Å². The van der Waals surface area contributed by atoms with Gasteiger partial charge in [-0.2, -0.15) is 0 Å². The van der Waals surface area contributed by atoms with E-state index in [9.17, 15) is 4.79 Å². The van der Waals surface area contributed by atoms with Crippen LogP contribution in [0.1, 0.15) is 16.0 Å². The fourth-order valence-electron chi connectivity index (χ4n) is 3.90. The van der Waals surface area contributed by atoms with Crippen LogP contribution in [0.25, 0.3) is 10.2 Å². The minimum Gasteiger partial charge on any atom is -0.457 e. The number of nitrogens with one attached hydrogen (secondary N) is 1. The molecule has 4 aromatic rings. The second-order valence-corrected chi connectivity index (χ2v) is 8.33. The van der Waals surface area contributed by atoms with Crippen LogP contribution in [0, 0.1) is 20.8 Å². The number of ether oxygens (including phenoxy) is 1. The van der Waals surface area contributed by atoms with Gasteiger partial charge < -0.3 is 10.1 Å². The summed E-state index contributed by atoms with van der Waals surface area (Å²) < 4.78 is 6.00.